The van der Waals surface area contributed by atoms with Crippen LogP contribution in [0.1, 0.15) is 27.2 Å². The maximum Gasteiger partial charge on any atom is 0.287 e. The van der Waals surface area contributed by atoms with Gasteiger partial charge in [-0.2, -0.15) is 0 Å². The number of halogens is 1. The average Bonchev–Trinajstić information content (AvgIpc) is 2.89. The van der Waals surface area contributed by atoms with E-state index in [1.807, 2.05) is 37.3 Å². The lowest BCUT2D eigenvalue weighted by atomic mass is 10.1. The van der Waals surface area contributed by atoms with Crippen LogP contribution in [-0.4, -0.2) is 20.6 Å². The molecule has 2 aromatic carbocycles. The Morgan fingerprint density at radius 1 is 1.12 bits per heavy atom. The number of fused-ring (bicyclic) bond motifs is 1. The van der Waals surface area contributed by atoms with E-state index in [0.29, 0.717) is 17.9 Å². The van der Waals surface area contributed by atoms with E-state index < -0.39 is 9.84 Å². The summed E-state index contributed by atoms with van der Waals surface area (Å²) in [7, 11) is -3.06. The molecular weight excluding hydrogens is 418 g/mol. The molecule has 0 aliphatic rings. The van der Waals surface area contributed by atoms with Crippen LogP contribution in [0.15, 0.2) is 51.4 Å². The second kappa shape index (κ2) is 7.25. The molecule has 0 spiro atoms. The monoisotopic (exact) mass is 435 g/mol. The molecule has 0 saturated carbocycles. The first-order chi connectivity index (χ1) is 12.2. The summed E-state index contributed by atoms with van der Waals surface area (Å²) in [6.07, 6.45) is 1.20. The molecule has 0 atom stereocenters. The number of hydrogen-bond acceptors (Lipinski definition) is 4. The first-order valence-electron chi connectivity index (χ1n) is 7.95. The van der Waals surface area contributed by atoms with E-state index in [2.05, 4.69) is 21.2 Å². The summed E-state index contributed by atoms with van der Waals surface area (Å²) in [5, 5.41) is 3.73. The highest BCUT2D eigenvalue weighted by Gasteiger charge is 2.17. The van der Waals surface area contributed by atoms with Crippen LogP contribution >= 0.6 is 15.9 Å². The lowest BCUT2D eigenvalue weighted by Gasteiger charge is -2.06. The van der Waals surface area contributed by atoms with Crippen LogP contribution in [0.3, 0.4) is 0 Å². The Morgan fingerprint density at radius 3 is 2.42 bits per heavy atom. The van der Waals surface area contributed by atoms with Gasteiger partial charge in [-0.15, -0.1) is 0 Å². The summed E-state index contributed by atoms with van der Waals surface area (Å²) in [6.45, 7) is 2.19. The van der Waals surface area contributed by atoms with E-state index in [1.54, 1.807) is 12.1 Å². The Balaban J connectivity index is 1.70. The van der Waals surface area contributed by atoms with Gasteiger partial charge < -0.3 is 9.73 Å². The van der Waals surface area contributed by atoms with Crippen LogP contribution in [-0.2, 0) is 22.1 Å². The number of furan rings is 1. The fourth-order valence-electron chi connectivity index (χ4n) is 2.73. The van der Waals surface area contributed by atoms with E-state index in [0.717, 1.165) is 26.5 Å². The summed E-state index contributed by atoms with van der Waals surface area (Å²) in [5.41, 5.74) is 3.07. The van der Waals surface area contributed by atoms with Crippen molar-refractivity contribution in [3.63, 3.8) is 0 Å². The van der Waals surface area contributed by atoms with Gasteiger partial charge >= 0.3 is 0 Å². The summed E-state index contributed by atoms with van der Waals surface area (Å²) in [5.74, 6) is 0.0229. The van der Waals surface area contributed by atoms with Crippen molar-refractivity contribution < 1.29 is 17.6 Å². The van der Waals surface area contributed by atoms with Gasteiger partial charge in [-0.05, 0) is 36.2 Å². The minimum absolute atomic E-state index is 0.00732. The lowest BCUT2D eigenvalue weighted by Crippen LogP contribution is -2.22. The van der Waals surface area contributed by atoms with Crippen LogP contribution < -0.4 is 5.32 Å². The number of aryl methyl sites for hydroxylation is 1. The SMILES string of the molecule is Cc1c(C(=O)NCc2ccc(CS(C)(=O)=O)cc2)oc2ccc(Br)cc12. The van der Waals surface area contributed by atoms with Gasteiger partial charge in [0.2, 0.25) is 0 Å². The minimum atomic E-state index is -3.06. The second-order valence-corrected chi connectivity index (χ2v) is 9.32. The molecule has 1 amide bonds. The van der Waals surface area contributed by atoms with Crippen molar-refractivity contribution in [2.24, 2.45) is 0 Å². The van der Waals surface area contributed by atoms with E-state index in [-0.39, 0.29) is 11.7 Å². The van der Waals surface area contributed by atoms with Crippen molar-refractivity contribution in [2.75, 3.05) is 6.26 Å². The standard InChI is InChI=1S/C19H18BrNO4S/c1-12-16-9-15(20)7-8-17(16)25-18(12)19(22)21-10-13-3-5-14(6-4-13)11-26(2,23)24/h3-9H,10-11H2,1-2H3,(H,21,22). The van der Waals surface area contributed by atoms with Crippen molar-refractivity contribution in [3.8, 4) is 0 Å². The predicted octanol–water partition coefficient (Wildman–Crippen LogP) is 3.98. The first kappa shape index (κ1) is 18.7. The maximum absolute atomic E-state index is 12.5. The zero-order chi connectivity index (χ0) is 18.9. The Hall–Kier alpha value is -2.12. The van der Waals surface area contributed by atoms with E-state index >= 15 is 0 Å². The molecule has 3 rings (SSSR count). The molecule has 0 aliphatic carbocycles. The number of benzene rings is 2. The largest absolute Gasteiger partial charge is 0.451 e. The van der Waals surface area contributed by atoms with Crippen molar-refractivity contribution >= 4 is 42.6 Å². The second-order valence-electron chi connectivity index (χ2n) is 6.27. The molecule has 0 radical (unpaired) electrons. The fourth-order valence-corrected chi connectivity index (χ4v) is 3.89. The summed E-state index contributed by atoms with van der Waals surface area (Å²) < 4.78 is 29.2. The predicted molar refractivity (Wildman–Crippen MR) is 105 cm³/mol. The minimum Gasteiger partial charge on any atom is -0.451 e. The molecule has 0 aliphatic heterocycles. The van der Waals surface area contributed by atoms with E-state index in [1.165, 1.54) is 6.26 Å². The van der Waals surface area contributed by atoms with Crippen LogP contribution in [0.2, 0.25) is 0 Å². The van der Waals surface area contributed by atoms with Gasteiger partial charge in [0.1, 0.15) is 5.58 Å². The van der Waals surface area contributed by atoms with Crippen molar-refractivity contribution in [2.45, 2.75) is 19.2 Å². The molecule has 1 N–H and O–H groups in total. The Kier molecular flexibility index (Phi) is 5.20. The summed E-state index contributed by atoms with van der Waals surface area (Å²) >= 11 is 3.42. The quantitative estimate of drug-likeness (QED) is 0.657. The van der Waals surface area contributed by atoms with Gasteiger partial charge in [0.25, 0.3) is 5.91 Å². The van der Waals surface area contributed by atoms with Gasteiger partial charge in [0.15, 0.2) is 15.6 Å². The van der Waals surface area contributed by atoms with Gasteiger partial charge in [-0.1, -0.05) is 40.2 Å². The number of rotatable bonds is 5. The van der Waals surface area contributed by atoms with Crippen LogP contribution in [0.4, 0.5) is 0 Å². The summed E-state index contributed by atoms with van der Waals surface area (Å²) in [4.78, 5) is 12.5. The highest BCUT2D eigenvalue weighted by Crippen LogP contribution is 2.28. The normalized spacial score (nSPS) is 11.7. The molecule has 7 heteroatoms. The molecule has 1 aromatic heterocycles. The number of carbonyl (C=O) groups excluding carboxylic acids is 1. The van der Waals surface area contributed by atoms with Crippen molar-refractivity contribution in [1.82, 2.24) is 5.32 Å². The first-order valence-corrected chi connectivity index (χ1v) is 10.8. The van der Waals surface area contributed by atoms with Crippen LogP contribution in [0.5, 0.6) is 0 Å². The molecule has 0 bridgehead atoms. The van der Waals surface area contributed by atoms with Gasteiger partial charge in [-0.3, -0.25) is 4.79 Å². The zero-order valence-corrected chi connectivity index (χ0v) is 16.8. The highest BCUT2D eigenvalue weighted by atomic mass is 79.9. The van der Waals surface area contributed by atoms with Crippen LogP contribution in [0.25, 0.3) is 11.0 Å². The van der Waals surface area contributed by atoms with E-state index in [4.69, 9.17) is 4.42 Å². The third-order valence-electron chi connectivity index (χ3n) is 4.01. The lowest BCUT2D eigenvalue weighted by molar-refractivity contribution is 0.0924. The smallest absolute Gasteiger partial charge is 0.287 e. The molecule has 3 aromatic rings. The fraction of sp³-hybridized carbons (Fsp3) is 0.211. The van der Waals surface area contributed by atoms with Gasteiger partial charge in [0.05, 0.1) is 5.75 Å². The topological polar surface area (TPSA) is 76.4 Å². The van der Waals surface area contributed by atoms with Crippen LogP contribution in [0, 0.1) is 6.92 Å². The highest BCUT2D eigenvalue weighted by molar-refractivity contribution is 9.10. The zero-order valence-electron chi connectivity index (χ0n) is 14.4. The number of nitrogens with one attached hydrogen (secondary N) is 1. The molecule has 0 saturated heterocycles. The molecule has 5 nitrogen and oxygen atoms in total. The molecular formula is C19H18BrNO4S. The van der Waals surface area contributed by atoms with Gasteiger partial charge in [0, 0.05) is 28.2 Å². The number of amides is 1. The molecule has 1 heterocycles. The number of hydrogen-bond donors (Lipinski definition) is 1. The molecule has 0 unspecified atom stereocenters. The van der Waals surface area contributed by atoms with Crippen molar-refractivity contribution in [3.05, 3.63) is 69.4 Å². The Bertz CT molecular complexity index is 1070. The Morgan fingerprint density at radius 2 is 1.77 bits per heavy atom. The average molecular weight is 436 g/mol. The van der Waals surface area contributed by atoms with Gasteiger partial charge in [-0.25, -0.2) is 8.42 Å². The third-order valence-corrected chi connectivity index (χ3v) is 5.36. The maximum atomic E-state index is 12.5. The molecule has 136 valence electrons. The molecule has 26 heavy (non-hydrogen) atoms. The Labute approximate surface area is 160 Å². The third kappa shape index (κ3) is 4.34. The molecule has 0 fully saturated rings. The van der Waals surface area contributed by atoms with E-state index in [9.17, 15) is 13.2 Å². The van der Waals surface area contributed by atoms with Crippen molar-refractivity contribution in [1.29, 1.82) is 0 Å². The summed E-state index contributed by atoms with van der Waals surface area (Å²) in [6, 6.07) is 12.7. The number of carbonyl (C=O) groups is 1. The number of sulfone groups is 1.